The molecule has 5 nitrogen and oxygen atoms in total. The molecule has 0 aliphatic rings. The summed E-state index contributed by atoms with van der Waals surface area (Å²) in [5, 5.41) is 17.5. The molecule has 0 spiro atoms. The minimum absolute atomic E-state index is 0.106. The van der Waals surface area contributed by atoms with Crippen LogP contribution in [0, 0.1) is 17.0 Å². The van der Waals surface area contributed by atoms with Crippen molar-refractivity contribution in [3.8, 4) is 0 Å². The largest absolute Gasteiger partial charge is 0.348 e. The van der Waals surface area contributed by atoms with Crippen LogP contribution in [0.2, 0.25) is 0 Å². The quantitative estimate of drug-likeness (QED) is 0.672. The third-order valence-corrected chi connectivity index (χ3v) is 4.41. The van der Waals surface area contributed by atoms with Gasteiger partial charge < -0.3 is 5.32 Å². The van der Waals surface area contributed by atoms with Crippen LogP contribution in [0.25, 0.3) is 0 Å². The van der Waals surface area contributed by atoms with Crippen LogP contribution < -0.4 is 5.32 Å². The van der Waals surface area contributed by atoms with Gasteiger partial charge in [0.05, 0.1) is 10.5 Å². The van der Waals surface area contributed by atoms with Crippen LogP contribution in [-0.2, 0) is 6.54 Å². The Morgan fingerprint density at radius 1 is 1.45 bits per heavy atom. The summed E-state index contributed by atoms with van der Waals surface area (Å²) in [7, 11) is 0. The Labute approximate surface area is 127 Å². The zero-order valence-electron chi connectivity index (χ0n) is 10.6. The van der Waals surface area contributed by atoms with Gasteiger partial charge in [-0.25, -0.2) is 0 Å². The first-order valence-electron chi connectivity index (χ1n) is 5.73. The summed E-state index contributed by atoms with van der Waals surface area (Å²) < 4.78 is 0.530. The zero-order valence-corrected chi connectivity index (χ0v) is 13.0. The lowest BCUT2D eigenvalue weighted by Crippen LogP contribution is -2.23. The summed E-state index contributed by atoms with van der Waals surface area (Å²) >= 11 is 4.81. The lowest BCUT2D eigenvalue weighted by Gasteiger charge is -2.06. The summed E-state index contributed by atoms with van der Waals surface area (Å²) in [5.74, 6) is -0.342. The van der Waals surface area contributed by atoms with Gasteiger partial charge in [0.1, 0.15) is 0 Å². The number of nitro groups is 1. The number of hydrogen-bond donors (Lipinski definition) is 1. The van der Waals surface area contributed by atoms with E-state index in [4.69, 9.17) is 0 Å². The number of thiophene rings is 1. The molecule has 1 aromatic heterocycles. The molecular weight excluding hydrogens is 344 g/mol. The molecule has 20 heavy (non-hydrogen) atoms. The van der Waals surface area contributed by atoms with Crippen LogP contribution >= 0.6 is 27.3 Å². The van der Waals surface area contributed by atoms with E-state index in [1.165, 1.54) is 18.2 Å². The third kappa shape index (κ3) is 3.23. The fourth-order valence-electron chi connectivity index (χ4n) is 1.64. The molecule has 7 heteroatoms. The van der Waals surface area contributed by atoms with Crippen molar-refractivity contribution in [2.24, 2.45) is 0 Å². The van der Waals surface area contributed by atoms with E-state index in [-0.39, 0.29) is 17.2 Å². The van der Waals surface area contributed by atoms with Gasteiger partial charge in [-0.15, -0.1) is 0 Å². The second-order valence-electron chi connectivity index (χ2n) is 4.18. The van der Waals surface area contributed by atoms with Crippen LogP contribution in [0.1, 0.15) is 21.5 Å². The average molecular weight is 355 g/mol. The van der Waals surface area contributed by atoms with Gasteiger partial charge in [-0.2, -0.15) is 11.3 Å². The molecule has 0 atom stereocenters. The van der Waals surface area contributed by atoms with Crippen molar-refractivity contribution in [2.75, 3.05) is 0 Å². The first-order valence-corrected chi connectivity index (χ1v) is 7.46. The average Bonchev–Trinajstić information content (AvgIpc) is 2.81. The molecule has 0 unspecified atom stereocenters. The highest BCUT2D eigenvalue weighted by molar-refractivity contribution is 9.10. The Hall–Kier alpha value is -1.73. The van der Waals surface area contributed by atoms with Crippen molar-refractivity contribution in [2.45, 2.75) is 13.5 Å². The summed E-state index contributed by atoms with van der Waals surface area (Å²) in [6.07, 6.45) is 0. The van der Waals surface area contributed by atoms with E-state index in [1.54, 1.807) is 11.3 Å². The van der Waals surface area contributed by atoms with E-state index in [1.807, 2.05) is 17.7 Å². The smallest absolute Gasteiger partial charge is 0.270 e. The number of benzene rings is 1. The van der Waals surface area contributed by atoms with E-state index >= 15 is 0 Å². The van der Waals surface area contributed by atoms with Crippen LogP contribution in [0.5, 0.6) is 0 Å². The topological polar surface area (TPSA) is 72.2 Å². The van der Waals surface area contributed by atoms with Gasteiger partial charge in [0.25, 0.3) is 11.6 Å². The number of non-ortho nitro benzene ring substituents is 1. The van der Waals surface area contributed by atoms with Crippen molar-refractivity contribution >= 4 is 38.9 Å². The molecule has 1 aromatic carbocycles. The van der Waals surface area contributed by atoms with Gasteiger partial charge in [-0.1, -0.05) is 0 Å². The zero-order chi connectivity index (χ0) is 14.7. The fraction of sp³-hybridized carbons (Fsp3) is 0.154. The first-order chi connectivity index (χ1) is 9.49. The van der Waals surface area contributed by atoms with E-state index in [2.05, 4.69) is 21.2 Å². The van der Waals surface area contributed by atoms with E-state index in [9.17, 15) is 14.9 Å². The molecule has 0 aliphatic carbocycles. The summed E-state index contributed by atoms with van der Waals surface area (Å²) in [6, 6.07) is 4.12. The second kappa shape index (κ2) is 6.15. The molecule has 0 bridgehead atoms. The molecule has 2 aromatic rings. The van der Waals surface area contributed by atoms with Crippen molar-refractivity contribution in [3.63, 3.8) is 0 Å². The van der Waals surface area contributed by atoms with E-state index < -0.39 is 4.92 Å². The SMILES string of the molecule is Cc1cscc1CNC(=O)c1cc([N+](=O)[O-])ccc1Br. The fourth-order valence-corrected chi connectivity index (χ4v) is 2.92. The Balaban J connectivity index is 2.15. The van der Waals surface area contributed by atoms with Crippen molar-refractivity contribution in [3.05, 3.63) is 60.2 Å². The number of nitrogens with zero attached hydrogens (tertiary/aromatic N) is 1. The number of halogens is 1. The molecule has 1 N–H and O–H groups in total. The predicted molar refractivity (Wildman–Crippen MR) is 81.0 cm³/mol. The van der Waals surface area contributed by atoms with Gasteiger partial charge in [-0.05, 0) is 50.8 Å². The highest BCUT2D eigenvalue weighted by Gasteiger charge is 2.15. The number of carbonyl (C=O) groups excluding carboxylic acids is 1. The third-order valence-electron chi connectivity index (χ3n) is 2.81. The molecule has 0 saturated carbocycles. The van der Waals surface area contributed by atoms with Crippen molar-refractivity contribution in [1.29, 1.82) is 0 Å². The number of hydrogen-bond acceptors (Lipinski definition) is 4. The van der Waals surface area contributed by atoms with Gasteiger partial charge >= 0.3 is 0 Å². The minimum atomic E-state index is -0.522. The van der Waals surface area contributed by atoms with E-state index in [0.29, 0.717) is 11.0 Å². The number of nitrogens with one attached hydrogen (secondary N) is 1. The molecular formula is C13H11BrN2O3S. The van der Waals surface area contributed by atoms with Crippen LogP contribution in [0.15, 0.2) is 33.4 Å². The number of rotatable bonds is 4. The maximum Gasteiger partial charge on any atom is 0.270 e. The standard InChI is InChI=1S/C13H11BrN2O3S/c1-8-6-20-7-9(8)5-15-13(17)11-4-10(16(18)19)2-3-12(11)14/h2-4,6-7H,5H2,1H3,(H,15,17). The number of amides is 1. The highest BCUT2D eigenvalue weighted by Crippen LogP contribution is 2.22. The molecule has 2 rings (SSSR count). The van der Waals surface area contributed by atoms with Crippen LogP contribution in [-0.4, -0.2) is 10.8 Å². The molecule has 1 amide bonds. The maximum atomic E-state index is 12.1. The van der Waals surface area contributed by atoms with Crippen LogP contribution in [0.4, 0.5) is 5.69 Å². The lowest BCUT2D eigenvalue weighted by atomic mass is 10.1. The molecule has 0 radical (unpaired) electrons. The van der Waals surface area contributed by atoms with Gasteiger partial charge in [0.15, 0.2) is 0 Å². The first kappa shape index (κ1) is 14.7. The summed E-state index contributed by atoms with van der Waals surface area (Å²) in [4.78, 5) is 22.3. The molecule has 0 aliphatic heterocycles. The normalized spacial score (nSPS) is 10.3. The molecule has 104 valence electrons. The Morgan fingerprint density at radius 2 is 2.20 bits per heavy atom. The molecule has 0 saturated heterocycles. The number of carbonyl (C=O) groups is 1. The van der Waals surface area contributed by atoms with Crippen molar-refractivity contribution < 1.29 is 9.72 Å². The Bertz CT molecular complexity index is 669. The maximum absolute atomic E-state index is 12.1. The summed E-state index contributed by atoms with van der Waals surface area (Å²) in [5.41, 5.74) is 2.32. The second-order valence-corrected chi connectivity index (χ2v) is 5.78. The lowest BCUT2D eigenvalue weighted by molar-refractivity contribution is -0.384. The Morgan fingerprint density at radius 3 is 2.80 bits per heavy atom. The Kier molecular flexibility index (Phi) is 4.51. The van der Waals surface area contributed by atoms with Gasteiger partial charge in [0, 0.05) is 23.2 Å². The predicted octanol–water partition coefficient (Wildman–Crippen LogP) is 3.66. The summed E-state index contributed by atoms with van der Waals surface area (Å²) in [6.45, 7) is 2.38. The highest BCUT2D eigenvalue weighted by atomic mass is 79.9. The van der Waals surface area contributed by atoms with E-state index in [0.717, 1.165) is 11.1 Å². The van der Waals surface area contributed by atoms with Gasteiger partial charge in [0.2, 0.25) is 0 Å². The van der Waals surface area contributed by atoms with Crippen molar-refractivity contribution in [1.82, 2.24) is 5.32 Å². The molecule has 0 fully saturated rings. The minimum Gasteiger partial charge on any atom is -0.348 e. The number of nitro benzene ring substituents is 1. The monoisotopic (exact) mass is 354 g/mol. The number of aryl methyl sites for hydroxylation is 1. The molecule has 1 heterocycles. The van der Waals surface area contributed by atoms with Crippen LogP contribution in [0.3, 0.4) is 0 Å². The van der Waals surface area contributed by atoms with Gasteiger partial charge in [-0.3, -0.25) is 14.9 Å².